The molecule has 0 aromatic heterocycles. The molecule has 5 heteroatoms. The maximum atomic E-state index is 12.1. The fourth-order valence-corrected chi connectivity index (χ4v) is 1.37. The Balaban J connectivity index is 2.94. The maximum Gasteiger partial charge on any atom is 0.387 e. The number of hydrogen-bond donors (Lipinski definition) is 2. The Morgan fingerprint density at radius 3 is 2.60 bits per heavy atom. The Bertz CT molecular complexity index is 303. The Labute approximate surface area is 87.2 Å². The molecule has 0 fully saturated rings. The van der Waals surface area contributed by atoms with Crippen LogP contribution in [0.4, 0.5) is 8.78 Å². The van der Waals surface area contributed by atoms with E-state index in [0.29, 0.717) is 12.1 Å². The van der Waals surface area contributed by atoms with Gasteiger partial charge in [0.05, 0.1) is 0 Å². The number of alkyl halides is 2. The molecule has 3 N–H and O–H groups in total. The number of benzene rings is 1. The topological polar surface area (TPSA) is 47.3 Å². The lowest BCUT2D eigenvalue weighted by Crippen LogP contribution is -2.25. The summed E-state index contributed by atoms with van der Waals surface area (Å²) < 4.78 is 28.6. The predicted octanol–water partition coefficient (Wildman–Crippen LogP) is 1.51. The summed E-state index contributed by atoms with van der Waals surface area (Å²) in [6.45, 7) is -2.50. The van der Waals surface area contributed by atoms with Crippen LogP contribution in [-0.2, 0) is 0 Å². The van der Waals surface area contributed by atoms with E-state index < -0.39 is 6.61 Å². The molecule has 0 spiro atoms. The van der Waals surface area contributed by atoms with Crippen LogP contribution < -0.4 is 15.8 Å². The minimum Gasteiger partial charge on any atom is -0.434 e. The van der Waals surface area contributed by atoms with Crippen molar-refractivity contribution in [3.63, 3.8) is 0 Å². The SMILES string of the molecule is CNC(CN)c1ccccc1OC(F)F. The summed E-state index contributed by atoms with van der Waals surface area (Å²) in [7, 11) is 1.72. The van der Waals surface area contributed by atoms with Gasteiger partial charge in [-0.1, -0.05) is 18.2 Å². The van der Waals surface area contributed by atoms with Crippen molar-refractivity contribution in [2.45, 2.75) is 12.7 Å². The molecule has 0 saturated heterocycles. The molecular weight excluding hydrogens is 202 g/mol. The van der Waals surface area contributed by atoms with E-state index in [9.17, 15) is 8.78 Å². The van der Waals surface area contributed by atoms with Crippen molar-refractivity contribution in [1.29, 1.82) is 0 Å². The minimum atomic E-state index is -2.82. The number of para-hydroxylation sites is 1. The number of ether oxygens (including phenoxy) is 1. The minimum absolute atomic E-state index is 0.164. The summed E-state index contributed by atoms with van der Waals surface area (Å²) in [6, 6.07) is 6.44. The van der Waals surface area contributed by atoms with Crippen molar-refractivity contribution in [3.8, 4) is 5.75 Å². The zero-order valence-corrected chi connectivity index (χ0v) is 8.41. The van der Waals surface area contributed by atoms with Crippen LogP contribution in [0.3, 0.4) is 0 Å². The summed E-state index contributed by atoms with van der Waals surface area (Å²) in [5.74, 6) is 0.164. The van der Waals surface area contributed by atoms with Crippen LogP contribution in [0.2, 0.25) is 0 Å². The second-order valence-electron chi connectivity index (χ2n) is 2.99. The smallest absolute Gasteiger partial charge is 0.387 e. The molecule has 0 aliphatic rings. The third kappa shape index (κ3) is 3.14. The molecule has 84 valence electrons. The van der Waals surface area contributed by atoms with Crippen molar-refractivity contribution in [3.05, 3.63) is 29.8 Å². The van der Waals surface area contributed by atoms with Gasteiger partial charge in [-0.2, -0.15) is 8.78 Å². The second kappa shape index (κ2) is 5.63. The van der Waals surface area contributed by atoms with Crippen molar-refractivity contribution in [2.75, 3.05) is 13.6 Å². The quantitative estimate of drug-likeness (QED) is 0.784. The molecule has 3 nitrogen and oxygen atoms in total. The highest BCUT2D eigenvalue weighted by Crippen LogP contribution is 2.25. The molecule has 0 radical (unpaired) electrons. The van der Waals surface area contributed by atoms with E-state index >= 15 is 0 Å². The predicted molar refractivity (Wildman–Crippen MR) is 53.9 cm³/mol. The molecule has 0 amide bonds. The molecule has 0 heterocycles. The third-order valence-electron chi connectivity index (χ3n) is 2.09. The number of halogens is 2. The molecule has 1 atom stereocenters. The van der Waals surface area contributed by atoms with E-state index in [1.807, 2.05) is 0 Å². The molecule has 0 aliphatic heterocycles. The first kappa shape index (κ1) is 11.9. The molecule has 15 heavy (non-hydrogen) atoms. The summed E-state index contributed by atoms with van der Waals surface area (Å²) in [6.07, 6.45) is 0. The van der Waals surface area contributed by atoms with Gasteiger partial charge in [-0.15, -0.1) is 0 Å². The van der Waals surface area contributed by atoms with Gasteiger partial charge in [-0.05, 0) is 13.1 Å². The second-order valence-corrected chi connectivity index (χ2v) is 2.99. The molecule has 1 aromatic carbocycles. The van der Waals surface area contributed by atoms with Crippen molar-refractivity contribution >= 4 is 0 Å². The summed E-state index contributed by atoms with van der Waals surface area (Å²) in [4.78, 5) is 0. The molecular formula is C10H14F2N2O. The third-order valence-corrected chi connectivity index (χ3v) is 2.09. The highest BCUT2D eigenvalue weighted by molar-refractivity contribution is 5.36. The molecule has 1 unspecified atom stereocenters. The van der Waals surface area contributed by atoms with Crippen molar-refractivity contribution in [1.82, 2.24) is 5.32 Å². The Kier molecular flexibility index (Phi) is 4.45. The van der Waals surface area contributed by atoms with E-state index in [1.54, 1.807) is 25.2 Å². The van der Waals surface area contributed by atoms with Crippen LogP contribution >= 0.6 is 0 Å². The van der Waals surface area contributed by atoms with E-state index in [-0.39, 0.29) is 11.8 Å². The van der Waals surface area contributed by atoms with Crippen LogP contribution in [0.25, 0.3) is 0 Å². The van der Waals surface area contributed by atoms with E-state index in [1.165, 1.54) is 6.07 Å². The van der Waals surface area contributed by atoms with Gasteiger partial charge in [0, 0.05) is 18.2 Å². The van der Waals surface area contributed by atoms with Crippen LogP contribution in [-0.4, -0.2) is 20.2 Å². The van der Waals surface area contributed by atoms with Gasteiger partial charge in [0.25, 0.3) is 0 Å². The lowest BCUT2D eigenvalue weighted by molar-refractivity contribution is -0.0506. The Hall–Kier alpha value is -1.20. The van der Waals surface area contributed by atoms with E-state index in [0.717, 1.165) is 0 Å². The highest BCUT2D eigenvalue weighted by Gasteiger charge is 2.14. The zero-order chi connectivity index (χ0) is 11.3. The Morgan fingerprint density at radius 2 is 2.07 bits per heavy atom. The fraction of sp³-hybridized carbons (Fsp3) is 0.400. The zero-order valence-electron chi connectivity index (χ0n) is 8.41. The van der Waals surface area contributed by atoms with Gasteiger partial charge in [0.1, 0.15) is 5.75 Å². The molecule has 0 saturated carbocycles. The number of nitrogens with two attached hydrogens (primary N) is 1. The molecule has 0 bridgehead atoms. The highest BCUT2D eigenvalue weighted by atomic mass is 19.3. The van der Waals surface area contributed by atoms with E-state index in [4.69, 9.17) is 5.73 Å². The summed E-state index contributed by atoms with van der Waals surface area (Å²) in [5, 5.41) is 2.93. The monoisotopic (exact) mass is 216 g/mol. The number of rotatable bonds is 5. The molecule has 1 aromatic rings. The van der Waals surface area contributed by atoms with Crippen LogP contribution in [0.15, 0.2) is 24.3 Å². The normalized spacial score (nSPS) is 12.9. The first-order valence-corrected chi connectivity index (χ1v) is 4.60. The fourth-order valence-electron chi connectivity index (χ4n) is 1.37. The first-order valence-electron chi connectivity index (χ1n) is 4.60. The van der Waals surface area contributed by atoms with Gasteiger partial charge in [0.2, 0.25) is 0 Å². The van der Waals surface area contributed by atoms with Crippen LogP contribution in [0, 0.1) is 0 Å². The number of hydrogen-bond acceptors (Lipinski definition) is 3. The molecule has 0 aliphatic carbocycles. The van der Waals surface area contributed by atoms with Gasteiger partial charge in [-0.3, -0.25) is 0 Å². The van der Waals surface area contributed by atoms with Crippen molar-refractivity contribution in [2.24, 2.45) is 5.73 Å². The van der Waals surface area contributed by atoms with Gasteiger partial charge in [0.15, 0.2) is 0 Å². The maximum absolute atomic E-state index is 12.1. The standard InChI is InChI=1S/C10H14F2N2O/c1-14-8(6-13)7-4-2-3-5-9(7)15-10(11)12/h2-5,8,10,14H,6,13H2,1H3. The largest absolute Gasteiger partial charge is 0.434 e. The number of nitrogens with one attached hydrogen (secondary N) is 1. The lowest BCUT2D eigenvalue weighted by atomic mass is 10.1. The molecule has 1 rings (SSSR count). The van der Waals surface area contributed by atoms with Crippen molar-refractivity contribution < 1.29 is 13.5 Å². The van der Waals surface area contributed by atoms with E-state index in [2.05, 4.69) is 10.1 Å². The van der Waals surface area contributed by atoms with Gasteiger partial charge >= 0.3 is 6.61 Å². The van der Waals surface area contributed by atoms with Crippen LogP contribution in [0.1, 0.15) is 11.6 Å². The summed E-state index contributed by atoms with van der Waals surface area (Å²) >= 11 is 0. The number of likely N-dealkylation sites (N-methyl/N-ethyl adjacent to an activating group) is 1. The van der Waals surface area contributed by atoms with Crippen LogP contribution in [0.5, 0.6) is 5.75 Å². The average molecular weight is 216 g/mol. The average Bonchev–Trinajstić information content (AvgIpc) is 2.21. The van der Waals surface area contributed by atoms with Gasteiger partial charge in [-0.25, -0.2) is 0 Å². The first-order chi connectivity index (χ1) is 7.19. The van der Waals surface area contributed by atoms with Gasteiger partial charge < -0.3 is 15.8 Å². The Morgan fingerprint density at radius 1 is 1.40 bits per heavy atom. The lowest BCUT2D eigenvalue weighted by Gasteiger charge is -2.18. The summed E-state index contributed by atoms with van der Waals surface area (Å²) in [5.41, 5.74) is 6.15.